The third kappa shape index (κ3) is 4.24. The van der Waals surface area contributed by atoms with Gasteiger partial charge in [0.2, 0.25) is 5.91 Å². The van der Waals surface area contributed by atoms with Crippen LogP contribution in [-0.4, -0.2) is 33.0 Å². The van der Waals surface area contributed by atoms with E-state index in [0.29, 0.717) is 17.3 Å². The first kappa shape index (κ1) is 16.8. The molecule has 0 aliphatic rings. The van der Waals surface area contributed by atoms with Crippen LogP contribution in [0.15, 0.2) is 29.4 Å². The van der Waals surface area contributed by atoms with Crippen LogP contribution in [0.2, 0.25) is 5.02 Å². The van der Waals surface area contributed by atoms with Crippen LogP contribution in [-0.2, 0) is 11.3 Å². The SMILES string of the molecule is CCCNC(=O)CSc1nnc(-c2cccc(Cl)c2)n1CC. The fourth-order valence-electron chi connectivity index (χ4n) is 1.97. The molecule has 0 aliphatic heterocycles. The second-order valence-electron chi connectivity index (χ2n) is 4.70. The van der Waals surface area contributed by atoms with Crippen molar-refractivity contribution in [1.29, 1.82) is 0 Å². The van der Waals surface area contributed by atoms with Crippen molar-refractivity contribution in [2.45, 2.75) is 32.0 Å². The van der Waals surface area contributed by atoms with Gasteiger partial charge in [-0.15, -0.1) is 10.2 Å². The van der Waals surface area contributed by atoms with Gasteiger partial charge in [0.1, 0.15) is 0 Å². The van der Waals surface area contributed by atoms with Crippen LogP contribution < -0.4 is 5.32 Å². The predicted octanol–water partition coefficient (Wildman–Crippen LogP) is 3.24. The third-order valence-electron chi connectivity index (χ3n) is 3.02. The number of aromatic nitrogens is 3. The fourth-order valence-corrected chi connectivity index (χ4v) is 2.99. The van der Waals surface area contributed by atoms with Crippen molar-refractivity contribution >= 4 is 29.3 Å². The van der Waals surface area contributed by atoms with E-state index in [2.05, 4.69) is 15.5 Å². The average Bonchev–Trinajstić information content (AvgIpc) is 2.93. The zero-order chi connectivity index (χ0) is 15.9. The van der Waals surface area contributed by atoms with Crippen LogP contribution in [0.5, 0.6) is 0 Å². The lowest BCUT2D eigenvalue weighted by atomic mass is 10.2. The Bertz CT molecular complexity index is 644. The van der Waals surface area contributed by atoms with Gasteiger partial charge < -0.3 is 9.88 Å². The van der Waals surface area contributed by atoms with Crippen LogP contribution in [0, 0.1) is 0 Å². The van der Waals surface area contributed by atoms with Gasteiger partial charge in [0.25, 0.3) is 0 Å². The molecule has 0 fully saturated rings. The molecule has 2 aromatic rings. The number of hydrogen-bond donors (Lipinski definition) is 1. The number of nitrogens with one attached hydrogen (secondary N) is 1. The molecule has 0 saturated heterocycles. The lowest BCUT2D eigenvalue weighted by Crippen LogP contribution is -2.25. The Morgan fingerprint density at radius 2 is 2.18 bits per heavy atom. The molecule has 118 valence electrons. The second-order valence-corrected chi connectivity index (χ2v) is 6.08. The van der Waals surface area contributed by atoms with Crippen LogP contribution in [0.25, 0.3) is 11.4 Å². The minimum Gasteiger partial charge on any atom is -0.355 e. The van der Waals surface area contributed by atoms with Crippen molar-refractivity contribution in [3.63, 3.8) is 0 Å². The molecule has 0 bridgehead atoms. The van der Waals surface area contributed by atoms with Gasteiger partial charge in [-0.1, -0.05) is 42.4 Å². The van der Waals surface area contributed by atoms with E-state index >= 15 is 0 Å². The van der Waals surface area contributed by atoms with E-state index < -0.39 is 0 Å². The number of thioether (sulfide) groups is 1. The smallest absolute Gasteiger partial charge is 0.230 e. The average molecular weight is 339 g/mol. The number of hydrogen-bond acceptors (Lipinski definition) is 4. The summed E-state index contributed by atoms with van der Waals surface area (Å²) >= 11 is 7.43. The fraction of sp³-hybridized carbons (Fsp3) is 0.400. The van der Waals surface area contributed by atoms with E-state index in [0.717, 1.165) is 29.5 Å². The maximum absolute atomic E-state index is 11.7. The van der Waals surface area contributed by atoms with Crippen molar-refractivity contribution in [2.24, 2.45) is 0 Å². The summed E-state index contributed by atoms with van der Waals surface area (Å²) in [6.45, 7) is 5.48. The maximum Gasteiger partial charge on any atom is 0.230 e. The molecule has 5 nitrogen and oxygen atoms in total. The van der Waals surface area contributed by atoms with Gasteiger partial charge in [-0.2, -0.15) is 0 Å². The van der Waals surface area contributed by atoms with Crippen molar-refractivity contribution in [1.82, 2.24) is 20.1 Å². The van der Waals surface area contributed by atoms with Crippen molar-refractivity contribution < 1.29 is 4.79 Å². The molecular weight excluding hydrogens is 320 g/mol. The summed E-state index contributed by atoms with van der Waals surface area (Å²) in [4.78, 5) is 11.7. The minimum absolute atomic E-state index is 0.0156. The molecule has 7 heteroatoms. The van der Waals surface area contributed by atoms with Crippen LogP contribution in [0.4, 0.5) is 0 Å². The Hall–Kier alpha value is -1.53. The van der Waals surface area contributed by atoms with Gasteiger partial charge in [-0.3, -0.25) is 4.79 Å². The number of carbonyl (C=O) groups is 1. The zero-order valence-electron chi connectivity index (χ0n) is 12.7. The molecule has 22 heavy (non-hydrogen) atoms. The first-order valence-corrected chi connectivity index (χ1v) is 8.60. The Morgan fingerprint density at radius 1 is 1.36 bits per heavy atom. The lowest BCUT2D eigenvalue weighted by Gasteiger charge is -2.07. The molecule has 0 unspecified atom stereocenters. The monoisotopic (exact) mass is 338 g/mol. The molecule has 1 amide bonds. The van der Waals surface area contributed by atoms with Crippen LogP contribution in [0.3, 0.4) is 0 Å². The van der Waals surface area contributed by atoms with Crippen LogP contribution >= 0.6 is 23.4 Å². The summed E-state index contributed by atoms with van der Waals surface area (Å²) in [6.07, 6.45) is 0.931. The molecule has 0 atom stereocenters. The number of nitrogens with zero attached hydrogens (tertiary/aromatic N) is 3. The molecule has 0 aliphatic carbocycles. The first-order valence-electron chi connectivity index (χ1n) is 7.24. The molecule has 1 aromatic heterocycles. The number of halogens is 1. The molecule has 0 spiro atoms. The maximum atomic E-state index is 11.7. The van der Waals surface area contributed by atoms with E-state index in [9.17, 15) is 4.79 Å². The van der Waals surface area contributed by atoms with E-state index in [1.54, 1.807) is 0 Å². The Labute approximate surface area is 139 Å². The topological polar surface area (TPSA) is 59.8 Å². The largest absolute Gasteiger partial charge is 0.355 e. The zero-order valence-corrected chi connectivity index (χ0v) is 14.2. The highest BCUT2D eigenvalue weighted by Crippen LogP contribution is 2.25. The molecule has 0 radical (unpaired) electrons. The Kier molecular flexibility index (Phi) is 6.27. The second kappa shape index (κ2) is 8.19. The number of carbonyl (C=O) groups excluding carboxylic acids is 1. The summed E-state index contributed by atoms with van der Waals surface area (Å²) < 4.78 is 1.99. The molecule has 1 aromatic carbocycles. The number of amides is 1. The van der Waals surface area contributed by atoms with Crippen molar-refractivity contribution in [3.05, 3.63) is 29.3 Å². The summed E-state index contributed by atoms with van der Waals surface area (Å²) in [5, 5.41) is 12.7. The van der Waals surface area contributed by atoms with Crippen LogP contribution in [0.1, 0.15) is 20.3 Å². The van der Waals surface area contributed by atoms with E-state index in [4.69, 9.17) is 11.6 Å². The standard InChI is InChI=1S/C15H19ClN4OS/c1-3-8-17-13(21)10-22-15-19-18-14(20(15)4-2)11-6-5-7-12(16)9-11/h5-7,9H,3-4,8,10H2,1-2H3,(H,17,21). The van der Waals surface area contributed by atoms with Gasteiger partial charge in [0.15, 0.2) is 11.0 Å². The highest BCUT2D eigenvalue weighted by atomic mass is 35.5. The predicted molar refractivity (Wildman–Crippen MR) is 90.2 cm³/mol. The van der Waals surface area contributed by atoms with Gasteiger partial charge in [-0.25, -0.2) is 0 Å². The number of benzene rings is 1. The summed E-state index contributed by atoms with van der Waals surface area (Å²) in [5.74, 6) is 1.12. The highest BCUT2D eigenvalue weighted by Gasteiger charge is 2.14. The summed E-state index contributed by atoms with van der Waals surface area (Å²) in [7, 11) is 0. The normalized spacial score (nSPS) is 10.7. The van der Waals surface area contributed by atoms with E-state index in [1.165, 1.54) is 11.8 Å². The van der Waals surface area contributed by atoms with Crippen molar-refractivity contribution in [2.75, 3.05) is 12.3 Å². The van der Waals surface area contributed by atoms with Gasteiger partial charge in [0.05, 0.1) is 5.75 Å². The Balaban J connectivity index is 2.12. The summed E-state index contributed by atoms with van der Waals surface area (Å²) in [6, 6.07) is 7.52. The number of rotatable bonds is 7. The summed E-state index contributed by atoms with van der Waals surface area (Å²) in [5.41, 5.74) is 0.920. The molecular formula is C15H19ClN4OS. The third-order valence-corrected chi connectivity index (χ3v) is 4.22. The van der Waals surface area contributed by atoms with Gasteiger partial charge >= 0.3 is 0 Å². The van der Waals surface area contributed by atoms with E-state index in [1.807, 2.05) is 42.7 Å². The van der Waals surface area contributed by atoms with Gasteiger partial charge in [-0.05, 0) is 25.5 Å². The molecule has 1 N–H and O–H groups in total. The lowest BCUT2D eigenvalue weighted by molar-refractivity contribution is -0.118. The molecule has 0 saturated carbocycles. The van der Waals surface area contributed by atoms with E-state index in [-0.39, 0.29) is 5.91 Å². The van der Waals surface area contributed by atoms with Gasteiger partial charge in [0, 0.05) is 23.7 Å². The first-order chi connectivity index (χ1) is 10.7. The minimum atomic E-state index is 0.0156. The Morgan fingerprint density at radius 3 is 2.86 bits per heavy atom. The quantitative estimate of drug-likeness (QED) is 0.787. The molecule has 2 rings (SSSR count). The van der Waals surface area contributed by atoms with Crippen molar-refractivity contribution in [3.8, 4) is 11.4 Å². The highest BCUT2D eigenvalue weighted by molar-refractivity contribution is 7.99. The molecule has 1 heterocycles.